The molecule has 2 rings (SSSR count). The molecule has 16 heavy (non-hydrogen) atoms. The van der Waals surface area contributed by atoms with Gasteiger partial charge >= 0.3 is 0 Å². The van der Waals surface area contributed by atoms with E-state index < -0.39 is 0 Å². The second-order valence-electron chi connectivity index (χ2n) is 4.39. The van der Waals surface area contributed by atoms with Gasteiger partial charge in [-0.05, 0) is 31.2 Å². The van der Waals surface area contributed by atoms with Crippen molar-refractivity contribution in [2.75, 3.05) is 0 Å². The van der Waals surface area contributed by atoms with E-state index >= 15 is 0 Å². The fourth-order valence-electron chi connectivity index (χ4n) is 2.12. The smallest absolute Gasteiger partial charge is 0.0485 e. The molecule has 0 aliphatic rings. The SMILES string of the molecule is CCCc1nc(CC)cc2cc(C)ccc12. The highest BCUT2D eigenvalue weighted by atomic mass is 14.7. The molecule has 1 heterocycles. The fourth-order valence-corrected chi connectivity index (χ4v) is 2.12. The maximum atomic E-state index is 4.74. The van der Waals surface area contributed by atoms with Gasteiger partial charge in [0.25, 0.3) is 0 Å². The molecule has 0 fully saturated rings. The Bertz CT molecular complexity index is 500. The molecule has 0 unspecified atom stereocenters. The maximum absolute atomic E-state index is 4.74. The summed E-state index contributed by atoms with van der Waals surface area (Å²) in [6.07, 6.45) is 3.25. The van der Waals surface area contributed by atoms with Crippen molar-refractivity contribution in [2.24, 2.45) is 0 Å². The predicted octanol–water partition coefficient (Wildman–Crippen LogP) is 4.06. The molecule has 0 radical (unpaired) electrons. The second kappa shape index (κ2) is 4.65. The van der Waals surface area contributed by atoms with E-state index in [4.69, 9.17) is 4.98 Å². The first-order valence-electron chi connectivity index (χ1n) is 6.13. The summed E-state index contributed by atoms with van der Waals surface area (Å²) in [6, 6.07) is 8.87. The highest BCUT2D eigenvalue weighted by molar-refractivity contribution is 5.85. The summed E-state index contributed by atoms with van der Waals surface area (Å²) in [5, 5.41) is 2.67. The van der Waals surface area contributed by atoms with Gasteiger partial charge in [-0.1, -0.05) is 44.0 Å². The van der Waals surface area contributed by atoms with E-state index in [1.807, 2.05) is 0 Å². The molecule has 1 aromatic carbocycles. The van der Waals surface area contributed by atoms with E-state index in [1.54, 1.807) is 0 Å². The van der Waals surface area contributed by atoms with Crippen LogP contribution >= 0.6 is 0 Å². The van der Waals surface area contributed by atoms with Crippen molar-refractivity contribution in [2.45, 2.75) is 40.0 Å². The third-order valence-corrected chi connectivity index (χ3v) is 2.97. The first-order valence-corrected chi connectivity index (χ1v) is 6.13. The van der Waals surface area contributed by atoms with E-state index in [0.717, 1.165) is 19.3 Å². The molecule has 1 heteroatoms. The van der Waals surface area contributed by atoms with E-state index in [-0.39, 0.29) is 0 Å². The van der Waals surface area contributed by atoms with E-state index in [9.17, 15) is 0 Å². The zero-order chi connectivity index (χ0) is 11.5. The van der Waals surface area contributed by atoms with Crippen LogP contribution in [0.5, 0.6) is 0 Å². The number of rotatable bonds is 3. The Kier molecular flexibility index (Phi) is 3.23. The van der Waals surface area contributed by atoms with Crippen molar-refractivity contribution in [1.82, 2.24) is 4.98 Å². The van der Waals surface area contributed by atoms with Gasteiger partial charge in [-0.2, -0.15) is 0 Å². The molecule has 0 atom stereocenters. The minimum atomic E-state index is 1.01. The largest absolute Gasteiger partial charge is 0.257 e. The molecule has 0 saturated carbocycles. The van der Waals surface area contributed by atoms with Crippen molar-refractivity contribution in [3.8, 4) is 0 Å². The van der Waals surface area contributed by atoms with Crippen LogP contribution in [0.15, 0.2) is 24.3 Å². The highest BCUT2D eigenvalue weighted by Gasteiger charge is 2.04. The summed E-state index contributed by atoms with van der Waals surface area (Å²) < 4.78 is 0. The highest BCUT2D eigenvalue weighted by Crippen LogP contribution is 2.21. The van der Waals surface area contributed by atoms with Gasteiger partial charge in [-0.3, -0.25) is 4.98 Å². The van der Waals surface area contributed by atoms with Crippen molar-refractivity contribution in [3.05, 3.63) is 41.2 Å². The van der Waals surface area contributed by atoms with Crippen LogP contribution in [0.25, 0.3) is 10.8 Å². The van der Waals surface area contributed by atoms with Gasteiger partial charge < -0.3 is 0 Å². The number of benzene rings is 1. The monoisotopic (exact) mass is 213 g/mol. The molecule has 0 aliphatic carbocycles. The average Bonchev–Trinajstić information content (AvgIpc) is 2.28. The van der Waals surface area contributed by atoms with Gasteiger partial charge in [0.1, 0.15) is 0 Å². The second-order valence-corrected chi connectivity index (χ2v) is 4.39. The Morgan fingerprint density at radius 1 is 1.12 bits per heavy atom. The Hall–Kier alpha value is -1.37. The van der Waals surface area contributed by atoms with Gasteiger partial charge in [0, 0.05) is 16.8 Å². The van der Waals surface area contributed by atoms with Crippen LogP contribution in [-0.2, 0) is 12.8 Å². The molecule has 0 bridgehead atoms. The lowest BCUT2D eigenvalue weighted by atomic mass is 10.0. The Morgan fingerprint density at radius 3 is 2.62 bits per heavy atom. The Balaban J connectivity index is 2.66. The van der Waals surface area contributed by atoms with Gasteiger partial charge in [0.15, 0.2) is 0 Å². The predicted molar refractivity (Wildman–Crippen MR) is 69.9 cm³/mol. The van der Waals surface area contributed by atoms with Crippen LogP contribution in [0.2, 0.25) is 0 Å². The fraction of sp³-hybridized carbons (Fsp3) is 0.400. The number of nitrogens with zero attached hydrogens (tertiary/aromatic N) is 1. The van der Waals surface area contributed by atoms with Crippen molar-refractivity contribution >= 4 is 10.8 Å². The Morgan fingerprint density at radius 2 is 1.94 bits per heavy atom. The number of hydrogen-bond donors (Lipinski definition) is 0. The lowest BCUT2D eigenvalue weighted by Gasteiger charge is -2.08. The Labute approximate surface area is 97.5 Å². The van der Waals surface area contributed by atoms with Crippen LogP contribution < -0.4 is 0 Å². The maximum Gasteiger partial charge on any atom is 0.0485 e. The van der Waals surface area contributed by atoms with Crippen LogP contribution in [-0.4, -0.2) is 4.98 Å². The number of hydrogen-bond acceptors (Lipinski definition) is 1. The van der Waals surface area contributed by atoms with Gasteiger partial charge in [0.05, 0.1) is 0 Å². The van der Waals surface area contributed by atoms with Crippen molar-refractivity contribution < 1.29 is 0 Å². The molecule has 1 aromatic heterocycles. The first-order chi connectivity index (χ1) is 7.74. The molecular weight excluding hydrogens is 194 g/mol. The molecule has 84 valence electrons. The lowest BCUT2D eigenvalue weighted by molar-refractivity contribution is 0.873. The standard InChI is InChI=1S/C15H19N/c1-4-6-15-14-8-7-11(3)9-12(14)10-13(5-2)16-15/h7-10H,4-6H2,1-3H3. The summed E-state index contributed by atoms with van der Waals surface area (Å²) in [5.41, 5.74) is 3.79. The molecule has 0 saturated heterocycles. The summed E-state index contributed by atoms with van der Waals surface area (Å²) >= 11 is 0. The number of fused-ring (bicyclic) bond motifs is 1. The third kappa shape index (κ3) is 2.08. The van der Waals surface area contributed by atoms with Crippen LogP contribution in [0.4, 0.5) is 0 Å². The molecular formula is C15H19N. The molecule has 0 aliphatic heterocycles. The minimum absolute atomic E-state index is 1.01. The van der Waals surface area contributed by atoms with Gasteiger partial charge in [-0.15, -0.1) is 0 Å². The van der Waals surface area contributed by atoms with Crippen molar-refractivity contribution in [1.29, 1.82) is 0 Å². The van der Waals surface area contributed by atoms with Crippen LogP contribution in [0.3, 0.4) is 0 Å². The third-order valence-electron chi connectivity index (χ3n) is 2.97. The number of aromatic nitrogens is 1. The van der Waals surface area contributed by atoms with Gasteiger partial charge in [0.2, 0.25) is 0 Å². The van der Waals surface area contributed by atoms with E-state index in [2.05, 4.69) is 45.0 Å². The molecule has 0 N–H and O–H groups in total. The average molecular weight is 213 g/mol. The van der Waals surface area contributed by atoms with Crippen LogP contribution in [0.1, 0.15) is 37.2 Å². The summed E-state index contributed by atoms with van der Waals surface area (Å²) in [6.45, 7) is 6.52. The summed E-state index contributed by atoms with van der Waals surface area (Å²) in [7, 11) is 0. The summed E-state index contributed by atoms with van der Waals surface area (Å²) in [5.74, 6) is 0. The summed E-state index contributed by atoms with van der Waals surface area (Å²) in [4.78, 5) is 4.74. The number of aryl methyl sites for hydroxylation is 3. The zero-order valence-electron chi connectivity index (χ0n) is 10.4. The topological polar surface area (TPSA) is 12.9 Å². The normalized spacial score (nSPS) is 10.9. The number of pyridine rings is 1. The van der Waals surface area contributed by atoms with Crippen molar-refractivity contribution in [3.63, 3.8) is 0 Å². The molecule has 0 amide bonds. The van der Waals surface area contributed by atoms with E-state index in [0.29, 0.717) is 0 Å². The molecule has 2 aromatic rings. The van der Waals surface area contributed by atoms with Gasteiger partial charge in [-0.25, -0.2) is 0 Å². The molecule has 0 spiro atoms. The first kappa shape index (κ1) is 11.1. The quantitative estimate of drug-likeness (QED) is 0.749. The van der Waals surface area contributed by atoms with Crippen LogP contribution in [0, 0.1) is 6.92 Å². The molecule has 1 nitrogen and oxygen atoms in total. The zero-order valence-corrected chi connectivity index (χ0v) is 10.4. The minimum Gasteiger partial charge on any atom is -0.257 e. The van der Waals surface area contributed by atoms with E-state index in [1.165, 1.54) is 27.7 Å². The lowest BCUT2D eigenvalue weighted by Crippen LogP contribution is -1.96.